The van der Waals surface area contributed by atoms with Crippen LogP contribution in [0.5, 0.6) is 0 Å². The summed E-state index contributed by atoms with van der Waals surface area (Å²) in [6.45, 7) is 2.21. The molecule has 86 valence electrons. The molecule has 0 bridgehead atoms. The Kier molecular flexibility index (Phi) is 3.31. The van der Waals surface area contributed by atoms with Crippen molar-refractivity contribution in [3.05, 3.63) is 18.5 Å². The van der Waals surface area contributed by atoms with Gasteiger partial charge in [-0.25, -0.2) is 9.97 Å². The van der Waals surface area contributed by atoms with Gasteiger partial charge < -0.3 is 14.9 Å². The largest absolute Gasteiger partial charge is 0.387 e. The van der Waals surface area contributed by atoms with E-state index in [2.05, 4.69) is 9.97 Å². The zero-order valence-corrected chi connectivity index (χ0v) is 8.91. The molecule has 0 aliphatic carbocycles. The highest BCUT2D eigenvalue weighted by Gasteiger charge is 2.21. The topological polar surface area (TPSA) is 69.6 Å². The summed E-state index contributed by atoms with van der Waals surface area (Å²) < 4.78 is 0. The third kappa shape index (κ3) is 2.27. The lowest BCUT2D eigenvalue weighted by Gasteiger charge is -2.34. The lowest BCUT2D eigenvalue weighted by atomic mass is 10.3. The second kappa shape index (κ2) is 4.89. The predicted octanol–water partition coefficient (Wildman–Crippen LogP) is -0.883. The molecule has 1 aliphatic rings. The average Bonchev–Trinajstić information content (AvgIpc) is 2.39. The predicted molar refractivity (Wildman–Crippen MR) is 57.9 cm³/mol. The van der Waals surface area contributed by atoms with Crippen molar-refractivity contribution in [1.82, 2.24) is 14.9 Å². The monoisotopic (exact) mass is 222 g/mol. The molecule has 1 fully saturated rings. The van der Waals surface area contributed by atoms with Crippen LogP contribution in [0.4, 0.5) is 5.95 Å². The van der Waals surface area contributed by atoms with Crippen molar-refractivity contribution in [2.75, 3.05) is 37.7 Å². The van der Waals surface area contributed by atoms with Gasteiger partial charge in [0, 0.05) is 38.6 Å². The third-order valence-electron chi connectivity index (χ3n) is 2.60. The molecule has 6 heteroatoms. The second-order valence-electron chi connectivity index (χ2n) is 3.57. The van der Waals surface area contributed by atoms with Crippen molar-refractivity contribution < 1.29 is 9.90 Å². The first-order valence-corrected chi connectivity index (χ1v) is 5.22. The van der Waals surface area contributed by atoms with Crippen LogP contribution in [-0.2, 0) is 4.79 Å². The molecule has 1 amide bonds. The number of aliphatic hydroxyl groups is 1. The van der Waals surface area contributed by atoms with Crippen LogP contribution in [0.1, 0.15) is 0 Å². The Morgan fingerprint density at radius 3 is 2.44 bits per heavy atom. The summed E-state index contributed by atoms with van der Waals surface area (Å²) in [5.41, 5.74) is 0. The smallest absolute Gasteiger partial charge is 0.248 e. The summed E-state index contributed by atoms with van der Waals surface area (Å²) in [6, 6.07) is 1.77. The van der Waals surface area contributed by atoms with E-state index in [1.807, 2.05) is 4.90 Å². The Morgan fingerprint density at radius 1 is 1.25 bits per heavy atom. The summed E-state index contributed by atoms with van der Waals surface area (Å²) >= 11 is 0. The molecule has 16 heavy (non-hydrogen) atoms. The highest BCUT2D eigenvalue weighted by Crippen LogP contribution is 2.09. The van der Waals surface area contributed by atoms with E-state index < -0.39 is 6.61 Å². The molecule has 0 saturated carbocycles. The zero-order valence-electron chi connectivity index (χ0n) is 8.91. The number of carbonyl (C=O) groups is 1. The number of aliphatic hydroxyl groups excluding tert-OH is 1. The summed E-state index contributed by atoms with van der Waals surface area (Å²) in [4.78, 5) is 23.2. The van der Waals surface area contributed by atoms with Crippen molar-refractivity contribution in [3.8, 4) is 0 Å². The maximum Gasteiger partial charge on any atom is 0.248 e. The van der Waals surface area contributed by atoms with E-state index in [0.717, 1.165) is 0 Å². The Morgan fingerprint density at radius 2 is 1.88 bits per heavy atom. The van der Waals surface area contributed by atoms with Gasteiger partial charge >= 0.3 is 0 Å². The van der Waals surface area contributed by atoms with E-state index in [0.29, 0.717) is 32.1 Å². The first-order valence-electron chi connectivity index (χ1n) is 5.22. The third-order valence-corrected chi connectivity index (χ3v) is 2.60. The van der Waals surface area contributed by atoms with E-state index in [4.69, 9.17) is 5.11 Å². The molecular formula is C10H14N4O2. The van der Waals surface area contributed by atoms with Gasteiger partial charge in [0.25, 0.3) is 0 Å². The van der Waals surface area contributed by atoms with Crippen LogP contribution in [-0.4, -0.2) is 58.7 Å². The zero-order chi connectivity index (χ0) is 11.4. The fraction of sp³-hybridized carbons (Fsp3) is 0.500. The van der Waals surface area contributed by atoms with Crippen molar-refractivity contribution in [2.45, 2.75) is 0 Å². The molecular weight excluding hydrogens is 208 g/mol. The van der Waals surface area contributed by atoms with Crippen LogP contribution in [0.3, 0.4) is 0 Å². The molecule has 1 aliphatic heterocycles. The second-order valence-corrected chi connectivity index (χ2v) is 3.57. The van der Waals surface area contributed by atoms with Crippen molar-refractivity contribution in [3.63, 3.8) is 0 Å². The highest BCUT2D eigenvalue weighted by atomic mass is 16.3. The molecule has 2 heterocycles. The molecule has 0 aromatic carbocycles. The van der Waals surface area contributed by atoms with Gasteiger partial charge in [-0.15, -0.1) is 0 Å². The first-order chi connectivity index (χ1) is 7.81. The normalized spacial score (nSPS) is 16.3. The lowest BCUT2D eigenvalue weighted by molar-refractivity contribution is -0.134. The number of hydrogen-bond acceptors (Lipinski definition) is 5. The van der Waals surface area contributed by atoms with Gasteiger partial charge in [0.15, 0.2) is 0 Å². The van der Waals surface area contributed by atoms with E-state index in [1.54, 1.807) is 23.4 Å². The number of amides is 1. The van der Waals surface area contributed by atoms with Crippen LogP contribution >= 0.6 is 0 Å². The number of carbonyl (C=O) groups excluding carboxylic acids is 1. The van der Waals surface area contributed by atoms with Crippen LogP contribution < -0.4 is 4.90 Å². The molecule has 6 nitrogen and oxygen atoms in total. The van der Waals surface area contributed by atoms with Crippen molar-refractivity contribution in [1.29, 1.82) is 0 Å². The first kappa shape index (κ1) is 10.8. The molecule has 0 atom stereocenters. The number of aromatic nitrogens is 2. The Hall–Kier alpha value is -1.69. The summed E-state index contributed by atoms with van der Waals surface area (Å²) in [5.74, 6) is 0.479. The molecule has 0 spiro atoms. The van der Waals surface area contributed by atoms with Gasteiger partial charge in [0.05, 0.1) is 0 Å². The minimum Gasteiger partial charge on any atom is -0.387 e. The minimum atomic E-state index is -0.415. The van der Waals surface area contributed by atoms with Crippen LogP contribution in [0, 0.1) is 0 Å². The minimum absolute atomic E-state index is 0.214. The number of hydrogen-bond donors (Lipinski definition) is 1. The van der Waals surface area contributed by atoms with Crippen LogP contribution in [0.25, 0.3) is 0 Å². The fourth-order valence-electron chi connectivity index (χ4n) is 1.71. The molecule has 0 unspecified atom stereocenters. The average molecular weight is 222 g/mol. The molecule has 1 saturated heterocycles. The molecule has 1 aromatic rings. The number of anilines is 1. The fourth-order valence-corrected chi connectivity index (χ4v) is 1.71. The summed E-state index contributed by atoms with van der Waals surface area (Å²) in [7, 11) is 0. The quantitative estimate of drug-likeness (QED) is 0.703. The van der Waals surface area contributed by atoms with Crippen molar-refractivity contribution in [2.24, 2.45) is 0 Å². The van der Waals surface area contributed by atoms with E-state index >= 15 is 0 Å². The Balaban J connectivity index is 1.93. The molecule has 2 rings (SSSR count). The van der Waals surface area contributed by atoms with E-state index in [-0.39, 0.29) is 5.91 Å². The number of nitrogens with zero attached hydrogens (tertiary/aromatic N) is 4. The molecule has 1 aromatic heterocycles. The Bertz CT molecular complexity index is 349. The van der Waals surface area contributed by atoms with Crippen LogP contribution in [0.2, 0.25) is 0 Å². The van der Waals surface area contributed by atoms with Gasteiger partial charge in [-0.1, -0.05) is 0 Å². The van der Waals surface area contributed by atoms with E-state index in [9.17, 15) is 4.79 Å². The molecule has 0 radical (unpaired) electrons. The Labute approximate surface area is 93.5 Å². The van der Waals surface area contributed by atoms with Gasteiger partial charge in [-0.2, -0.15) is 0 Å². The standard InChI is InChI=1S/C10H14N4O2/c15-8-9(16)13-4-6-14(7-5-13)10-11-2-1-3-12-10/h1-3,15H,4-8H2. The van der Waals surface area contributed by atoms with Gasteiger partial charge in [0.1, 0.15) is 6.61 Å². The van der Waals surface area contributed by atoms with Gasteiger partial charge in [0.2, 0.25) is 11.9 Å². The van der Waals surface area contributed by atoms with Gasteiger partial charge in [-0.05, 0) is 6.07 Å². The maximum atomic E-state index is 11.2. The van der Waals surface area contributed by atoms with E-state index in [1.165, 1.54) is 0 Å². The molecule has 1 N–H and O–H groups in total. The SMILES string of the molecule is O=C(CO)N1CCN(c2ncccn2)CC1. The maximum absolute atomic E-state index is 11.2. The summed E-state index contributed by atoms with van der Waals surface area (Å²) in [6.07, 6.45) is 3.40. The lowest BCUT2D eigenvalue weighted by Crippen LogP contribution is -2.50. The van der Waals surface area contributed by atoms with Crippen LogP contribution in [0.15, 0.2) is 18.5 Å². The number of piperazine rings is 1. The number of rotatable bonds is 2. The summed E-state index contributed by atoms with van der Waals surface area (Å²) in [5, 5.41) is 8.74. The van der Waals surface area contributed by atoms with Crippen molar-refractivity contribution >= 4 is 11.9 Å². The van der Waals surface area contributed by atoms with Gasteiger partial charge in [-0.3, -0.25) is 4.79 Å². The highest BCUT2D eigenvalue weighted by molar-refractivity contribution is 5.77.